The van der Waals surface area contributed by atoms with Crippen LogP contribution in [0.4, 0.5) is 42.2 Å². The number of halogens is 7. The molecular formula is C37H34F7N5O8. The largest absolute Gasteiger partial charge is 0.490 e. The second-order valence-electron chi connectivity index (χ2n) is 12.1. The molecule has 0 spiro atoms. The quantitative estimate of drug-likeness (QED) is 0.0898. The average molecular weight is 810 g/mol. The molecule has 2 aromatic heterocycles. The van der Waals surface area contributed by atoms with Crippen LogP contribution in [0.3, 0.4) is 0 Å². The van der Waals surface area contributed by atoms with Gasteiger partial charge in [0.1, 0.15) is 30.3 Å². The molecular weight excluding hydrogens is 775 g/mol. The third-order valence-electron chi connectivity index (χ3n) is 8.06. The lowest BCUT2D eigenvalue weighted by Gasteiger charge is -2.24. The van der Waals surface area contributed by atoms with Crippen molar-refractivity contribution in [2.45, 2.75) is 50.8 Å². The number of nitrogens with one attached hydrogen (secondary N) is 1. The lowest BCUT2D eigenvalue weighted by atomic mass is 9.99. The first-order chi connectivity index (χ1) is 26.8. The van der Waals surface area contributed by atoms with Crippen LogP contribution in [0.1, 0.15) is 36.3 Å². The number of nitrogens with two attached hydrogens (primary N) is 1. The Hall–Kier alpha value is -6.44. The molecule has 6 N–H and O–H groups in total. The summed E-state index contributed by atoms with van der Waals surface area (Å²) < 4.78 is 93.1. The highest BCUT2D eigenvalue weighted by atomic mass is 19.4. The number of imidazole rings is 1. The van der Waals surface area contributed by atoms with Crippen molar-refractivity contribution in [2.75, 3.05) is 24.3 Å². The number of hydrogen-bond acceptors (Lipinski definition) is 9. The van der Waals surface area contributed by atoms with E-state index in [1.54, 1.807) is 29.1 Å². The summed E-state index contributed by atoms with van der Waals surface area (Å²) in [6.07, 6.45) is -5.79. The summed E-state index contributed by atoms with van der Waals surface area (Å²) in [6.45, 7) is 2.59. The summed E-state index contributed by atoms with van der Waals surface area (Å²) in [5.74, 6) is -6.21. The molecule has 0 radical (unpaired) electrons. The second kappa shape index (κ2) is 18.5. The highest BCUT2D eigenvalue weighted by Gasteiger charge is 2.39. The molecule has 20 heteroatoms. The zero-order valence-electron chi connectivity index (χ0n) is 29.6. The summed E-state index contributed by atoms with van der Waals surface area (Å²) in [6, 6.07) is 19.5. The van der Waals surface area contributed by atoms with Crippen LogP contribution in [0, 0.1) is 5.82 Å². The second-order valence-corrected chi connectivity index (χ2v) is 12.1. The van der Waals surface area contributed by atoms with Crippen LogP contribution >= 0.6 is 0 Å². The summed E-state index contributed by atoms with van der Waals surface area (Å²) in [4.78, 5) is 38.8. The minimum absolute atomic E-state index is 0.133. The lowest BCUT2D eigenvalue weighted by Crippen LogP contribution is -2.22. The number of carboxylic acids is 3. The van der Waals surface area contributed by atoms with Crippen LogP contribution < -0.4 is 15.8 Å². The number of carboxylic acid groups (broad SMARTS) is 3. The fourth-order valence-electron chi connectivity index (χ4n) is 5.38. The molecule has 0 saturated carbocycles. The van der Waals surface area contributed by atoms with Crippen LogP contribution in [0.2, 0.25) is 0 Å². The molecule has 1 saturated heterocycles. The predicted octanol–water partition coefficient (Wildman–Crippen LogP) is 7.10. The minimum Gasteiger partial charge on any atom is -0.485 e. The first-order valence-electron chi connectivity index (χ1n) is 16.7. The molecule has 3 aromatic carbocycles. The van der Waals surface area contributed by atoms with Gasteiger partial charge in [-0.15, -0.1) is 0 Å². The SMILES string of the molecule is CCc1cc(O[C@@H]2CCOC2)c(F)c(C(Nc2ccc3c(N)nccc3c2)c2nc(-c3ccccc3)cn2CC(=O)O)c1.O=C(O)C(F)(F)F.O=C(O)C(F)(F)F. The van der Waals surface area contributed by atoms with Gasteiger partial charge in [-0.1, -0.05) is 43.3 Å². The first-order valence-corrected chi connectivity index (χ1v) is 16.7. The zero-order valence-corrected chi connectivity index (χ0v) is 29.6. The van der Waals surface area contributed by atoms with Gasteiger partial charge in [-0.2, -0.15) is 26.3 Å². The standard InChI is InChI=1S/C33H32FN5O4.2C2HF3O2/c1-2-20-14-26(30(34)28(15-20)43-24-11-13-42-19-24)31(37-23-8-9-25-22(16-23)10-12-36-32(25)35)33-38-27(17-39(33)18-29(40)41)21-6-4-3-5-7-21;2*3-2(4,5)1(6)7/h3-10,12,14-17,24,31,37H,2,11,13,18-19H2,1H3,(H2,35,36)(H,40,41);2*(H,6,7)/t24-,31?;;/m1../s1. The van der Waals surface area contributed by atoms with Crippen LogP contribution in [0.5, 0.6) is 5.75 Å². The van der Waals surface area contributed by atoms with Gasteiger partial charge in [-0.3, -0.25) is 4.79 Å². The number of ether oxygens (including phenoxy) is 2. The Morgan fingerprint density at radius 2 is 1.63 bits per heavy atom. The smallest absolute Gasteiger partial charge is 0.485 e. The number of aliphatic carboxylic acids is 3. The molecule has 1 unspecified atom stereocenters. The number of anilines is 2. The fourth-order valence-corrected chi connectivity index (χ4v) is 5.38. The molecule has 57 heavy (non-hydrogen) atoms. The minimum atomic E-state index is -5.08. The van der Waals surface area contributed by atoms with Gasteiger partial charge in [0.15, 0.2) is 11.6 Å². The number of hydrogen-bond donors (Lipinski definition) is 5. The van der Waals surface area contributed by atoms with Crippen LogP contribution in [0.15, 0.2) is 79.1 Å². The van der Waals surface area contributed by atoms with Gasteiger partial charge in [-0.05, 0) is 47.7 Å². The average Bonchev–Trinajstić information content (AvgIpc) is 3.82. The molecule has 2 atom stereocenters. The maximum Gasteiger partial charge on any atom is 0.490 e. The van der Waals surface area contributed by atoms with Gasteiger partial charge in [-0.25, -0.2) is 23.9 Å². The zero-order chi connectivity index (χ0) is 42.1. The third-order valence-corrected chi connectivity index (χ3v) is 8.06. The molecule has 0 amide bonds. The van der Waals surface area contributed by atoms with E-state index in [1.165, 1.54) is 0 Å². The molecule has 304 valence electrons. The molecule has 5 aromatic rings. The van der Waals surface area contributed by atoms with E-state index >= 15 is 4.39 Å². The van der Waals surface area contributed by atoms with Gasteiger partial charge < -0.3 is 40.4 Å². The topological polar surface area (TPSA) is 199 Å². The molecule has 1 aliphatic heterocycles. The van der Waals surface area contributed by atoms with Crippen LogP contribution in [0.25, 0.3) is 22.0 Å². The summed E-state index contributed by atoms with van der Waals surface area (Å²) in [7, 11) is 0. The van der Waals surface area contributed by atoms with Gasteiger partial charge in [0, 0.05) is 41.0 Å². The Morgan fingerprint density at radius 3 is 2.19 bits per heavy atom. The van der Waals surface area contributed by atoms with E-state index in [9.17, 15) is 36.2 Å². The molecule has 1 fully saturated rings. The van der Waals surface area contributed by atoms with Crippen molar-refractivity contribution in [2.24, 2.45) is 0 Å². The Morgan fingerprint density at radius 1 is 0.982 bits per heavy atom. The Bertz CT molecular complexity index is 2170. The fraction of sp³-hybridized carbons (Fsp3) is 0.270. The number of benzene rings is 3. The van der Waals surface area contributed by atoms with Crippen LogP contribution in [-0.2, 0) is 32.1 Å². The Kier molecular flexibility index (Phi) is 14.0. The number of fused-ring (bicyclic) bond motifs is 1. The number of nitrogen functional groups attached to an aromatic ring is 1. The van der Waals surface area contributed by atoms with Gasteiger partial charge in [0.2, 0.25) is 0 Å². The number of rotatable bonds is 10. The molecule has 6 rings (SSSR count). The van der Waals surface area contributed by atoms with Crippen molar-refractivity contribution < 1.29 is 69.9 Å². The van der Waals surface area contributed by atoms with Gasteiger partial charge in [0.05, 0.1) is 18.9 Å². The van der Waals surface area contributed by atoms with Crippen LogP contribution in [-0.4, -0.2) is 79.4 Å². The van der Waals surface area contributed by atoms with Crippen molar-refractivity contribution in [3.63, 3.8) is 0 Å². The predicted molar refractivity (Wildman–Crippen MR) is 190 cm³/mol. The van der Waals surface area contributed by atoms with E-state index in [2.05, 4.69) is 10.3 Å². The number of aryl methyl sites for hydroxylation is 1. The van der Waals surface area contributed by atoms with E-state index in [4.69, 9.17) is 40.0 Å². The summed E-state index contributed by atoms with van der Waals surface area (Å²) in [5, 5.41) is 29.2. The van der Waals surface area contributed by atoms with Gasteiger partial charge in [0.25, 0.3) is 0 Å². The van der Waals surface area contributed by atoms with E-state index < -0.39 is 42.1 Å². The summed E-state index contributed by atoms with van der Waals surface area (Å²) >= 11 is 0. The lowest BCUT2D eigenvalue weighted by molar-refractivity contribution is -0.193. The molecule has 1 aliphatic rings. The van der Waals surface area contributed by atoms with Crippen molar-refractivity contribution in [1.82, 2.24) is 14.5 Å². The maximum atomic E-state index is 16.5. The Labute approximate surface area is 318 Å². The van der Waals surface area contributed by atoms with Crippen molar-refractivity contribution in [3.8, 4) is 17.0 Å². The van der Waals surface area contributed by atoms with Gasteiger partial charge >= 0.3 is 30.3 Å². The highest BCUT2D eigenvalue weighted by Crippen LogP contribution is 2.36. The Balaban J connectivity index is 0.000000440. The maximum absolute atomic E-state index is 16.5. The van der Waals surface area contributed by atoms with Crippen molar-refractivity contribution in [1.29, 1.82) is 0 Å². The monoisotopic (exact) mass is 809 g/mol. The first kappa shape index (κ1) is 43.3. The normalized spacial score (nSPS) is 14.4. The number of pyridine rings is 1. The molecule has 13 nitrogen and oxygen atoms in total. The third kappa shape index (κ3) is 11.8. The number of alkyl halides is 6. The highest BCUT2D eigenvalue weighted by molar-refractivity contribution is 5.93. The molecule has 0 aliphatic carbocycles. The van der Waals surface area contributed by atoms with E-state index in [0.717, 1.165) is 21.9 Å². The van der Waals surface area contributed by atoms with E-state index in [1.807, 2.05) is 61.5 Å². The summed E-state index contributed by atoms with van der Waals surface area (Å²) in [5.41, 5.74) is 9.30. The number of aromatic nitrogens is 3. The van der Waals surface area contributed by atoms with Crippen molar-refractivity contribution >= 4 is 40.2 Å². The molecule has 3 heterocycles. The number of nitrogens with zero attached hydrogens (tertiary/aromatic N) is 3. The van der Waals surface area contributed by atoms with Crippen molar-refractivity contribution in [3.05, 3.63) is 102 Å². The van der Waals surface area contributed by atoms with E-state index in [0.29, 0.717) is 54.6 Å². The van der Waals surface area contributed by atoms with E-state index in [-0.39, 0.29) is 18.4 Å². The molecule has 0 bridgehead atoms. The number of carbonyl (C=O) groups is 3.